The number of nitrogens with zero attached hydrogens (tertiary/aromatic N) is 4. The molecule has 4 rings (SSSR count). The molecule has 2 aromatic rings. The Morgan fingerprint density at radius 3 is 1.95 bits per heavy atom. The predicted octanol–water partition coefficient (Wildman–Crippen LogP) is -4.07. The van der Waals surface area contributed by atoms with Crippen LogP contribution in [0, 0.1) is 0 Å². The van der Waals surface area contributed by atoms with Gasteiger partial charge in [-0.2, -0.15) is 9.97 Å². The monoisotopic (exact) mass is 563 g/mol. The largest absolute Gasteiger partial charge is 0.491 e. The van der Waals surface area contributed by atoms with Crippen LogP contribution in [-0.4, -0.2) is 89.4 Å². The van der Waals surface area contributed by atoms with Gasteiger partial charge in [0.25, 0.3) is 0 Å². The quantitative estimate of drug-likeness (QED) is 0.113. The standard InChI is InChI=1S/C18H26N7O12P/c19-9-1-3-24(17(30)22-9)15-12(28)11(27)8(35-15)6-33-38(32,37-21)36-14-7(5-26)34-16(13(14)29)25-4-2-10(20)23-18(25)31/h1-4,7-8,11-16,26-29H,5-6,21H2,(H2,19,22,30)(H2,20,23,31)/t7?,8-,11?,12?,13?,14?,15?,16?,38?/m0/s1. The molecule has 9 atom stereocenters. The second-order valence-corrected chi connectivity index (χ2v) is 9.86. The number of ether oxygens (including phenoxy) is 2. The molecule has 10 N–H and O–H groups in total. The van der Waals surface area contributed by atoms with Gasteiger partial charge < -0.3 is 41.4 Å². The van der Waals surface area contributed by atoms with Gasteiger partial charge in [-0.25, -0.2) is 24.7 Å². The lowest BCUT2D eigenvalue weighted by Gasteiger charge is -2.25. The Kier molecular flexibility index (Phi) is 8.26. The molecule has 0 amide bonds. The van der Waals surface area contributed by atoms with Crippen LogP contribution >= 0.6 is 7.82 Å². The van der Waals surface area contributed by atoms with E-state index in [1.165, 1.54) is 24.5 Å². The van der Waals surface area contributed by atoms with Crippen molar-refractivity contribution in [2.75, 3.05) is 24.7 Å². The zero-order chi connectivity index (χ0) is 27.8. The zero-order valence-corrected chi connectivity index (χ0v) is 20.3. The fourth-order valence-corrected chi connectivity index (χ4v) is 5.02. The molecule has 0 radical (unpaired) electrons. The Balaban J connectivity index is 1.46. The van der Waals surface area contributed by atoms with Crippen molar-refractivity contribution in [3.63, 3.8) is 0 Å². The van der Waals surface area contributed by atoms with E-state index in [2.05, 4.69) is 14.6 Å². The minimum absolute atomic E-state index is 0.0728. The van der Waals surface area contributed by atoms with E-state index in [1.54, 1.807) is 0 Å². The van der Waals surface area contributed by atoms with Crippen LogP contribution in [0.15, 0.2) is 34.1 Å². The van der Waals surface area contributed by atoms with Gasteiger partial charge >= 0.3 is 19.2 Å². The van der Waals surface area contributed by atoms with Gasteiger partial charge in [-0.15, -0.1) is 0 Å². The SMILES string of the molecule is NOP(=O)(OC[C@@H]1OC(n2ccc(N)nc2=O)C(O)C1O)OC1C(CO)OC(n2ccc(N)nc2=O)C1O. The Morgan fingerprint density at radius 2 is 1.45 bits per heavy atom. The summed E-state index contributed by atoms with van der Waals surface area (Å²) in [6, 6.07) is 2.53. The maximum atomic E-state index is 13.1. The van der Waals surface area contributed by atoms with E-state index >= 15 is 0 Å². The summed E-state index contributed by atoms with van der Waals surface area (Å²) in [6.45, 7) is -1.48. The van der Waals surface area contributed by atoms with Crippen LogP contribution in [0.25, 0.3) is 0 Å². The molecule has 0 aromatic carbocycles. The molecule has 2 saturated heterocycles. The lowest BCUT2D eigenvalue weighted by molar-refractivity contribution is -0.0636. The number of nitrogens with two attached hydrogens (primary N) is 3. The molecule has 0 aliphatic carbocycles. The van der Waals surface area contributed by atoms with Crippen LogP contribution in [0.2, 0.25) is 0 Å². The summed E-state index contributed by atoms with van der Waals surface area (Å²) in [5.41, 5.74) is 9.16. The Hall–Kier alpha value is -2.81. The number of phosphoric ester groups is 1. The minimum Gasteiger partial charge on any atom is -0.394 e. The van der Waals surface area contributed by atoms with Crippen LogP contribution in [0.3, 0.4) is 0 Å². The third-order valence-electron chi connectivity index (χ3n) is 5.85. The molecule has 210 valence electrons. The third-order valence-corrected chi connectivity index (χ3v) is 7.08. The summed E-state index contributed by atoms with van der Waals surface area (Å²) < 4.78 is 40.5. The maximum absolute atomic E-state index is 13.1. The molecule has 38 heavy (non-hydrogen) atoms. The van der Waals surface area contributed by atoms with Crippen LogP contribution < -0.4 is 28.7 Å². The van der Waals surface area contributed by atoms with Gasteiger partial charge in [-0.1, -0.05) is 0 Å². The highest BCUT2D eigenvalue weighted by atomic mass is 31.2. The first-order valence-electron chi connectivity index (χ1n) is 10.9. The van der Waals surface area contributed by atoms with E-state index in [1.807, 2.05) is 0 Å². The average Bonchev–Trinajstić information content (AvgIpc) is 3.33. The fraction of sp³-hybridized carbons (Fsp3) is 0.556. The lowest BCUT2D eigenvalue weighted by atomic mass is 10.1. The van der Waals surface area contributed by atoms with Crippen LogP contribution in [0.1, 0.15) is 12.5 Å². The number of nitrogen functional groups attached to an aromatic ring is 2. The topological polar surface area (TPSA) is 292 Å². The number of anilines is 2. The number of hydrogen-bond acceptors (Lipinski definition) is 17. The Bertz CT molecular complexity index is 1310. The Morgan fingerprint density at radius 1 is 0.921 bits per heavy atom. The highest BCUT2D eigenvalue weighted by molar-refractivity contribution is 7.48. The molecule has 4 heterocycles. The van der Waals surface area contributed by atoms with Gasteiger partial charge in [0.15, 0.2) is 12.5 Å². The van der Waals surface area contributed by atoms with Crippen molar-refractivity contribution >= 4 is 19.5 Å². The molecule has 2 aliphatic heterocycles. The number of phosphoric acid groups is 1. The molecular formula is C18H26N7O12P. The van der Waals surface area contributed by atoms with Crippen molar-refractivity contribution in [2.45, 2.75) is 49.1 Å². The van der Waals surface area contributed by atoms with Crippen molar-refractivity contribution in [2.24, 2.45) is 5.90 Å². The summed E-state index contributed by atoms with van der Waals surface area (Å²) in [6.07, 6.45) is -9.66. The minimum atomic E-state index is -4.75. The molecule has 2 aromatic heterocycles. The van der Waals surface area contributed by atoms with Crippen molar-refractivity contribution in [1.29, 1.82) is 0 Å². The molecule has 2 fully saturated rings. The highest BCUT2D eigenvalue weighted by Gasteiger charge is 2.51. The predicted molar refractivity (Wildman–Crippen MR) is 122 cm³/mol. The van der Waals surface area contributed by atoms with E-state index in [0.29, 0.717) is 0 Å². The van der Waals surface area contributed by atoms with E-state index in [9.17, 15) is 34.6 Å². The highest BCUT2D eigenvalue weighted by Crippen LogP contribution is 2.52. The second-order valence-electron chi connectivity index (χ2n) is 8.29. The number of rotatable bonds is 9. The average molecular weight is 563 g/mol. The summed E-state index contributed by atoms with van der Waals surface area (Å²) >= 11 is 0. The Labute approximate surface area is 212 Å². The van der Waals surface area contributed by atoms with Crippen LogP contribution in [0.4, 0.5) is 11.6 Å². The van der Waals surface area contributed by atoms with Gasteiger partial charge in [0.2, 0.25) is 0 Å². The van der Waals surface area contributed by atoms with Gasteiger partial charge in [-0.3, -0.25) is 18.2 Å². The summed E-state index contributed by atoms with van der Waals surface area (Å²) in [5, 5.41) is 41.1. The molecule has 0 saturated carbocycles. The normalized spacial score (nSPS) is 32.9. The van der Waals surface area contributed by atoms with Gasteiger partial charge in [0, 0.05) is 12.4 Å². The van der Waals surface area contributed by atoms with E-state index in [-0.39, 0.29) is 11.6 Å². The molecule has 19 nitrogen and oxygen atoms in total. The second kappa shape index (κ2) is 11.1. The van der Waals surface area contributed by atoms with E-state index in [0.717, 1.165) is 9.13 Å². The van der Waals surface area contributed by atoms with Gasteiger partial charge in [-0.05, 0) is 12.1 Å². The summed E-state index contributed by atoms with van der Waals surface area (Å²) in [4.78, 5) is 31.3. The summed E-state index contributed by atoms with van der Waals surface area (Å²) in [5.74, 6) is 4.95. The number of aromatic nitrogens is 4. The van der Waals surface area contributed by atoms with Crippen LogP contribution in [0.5, 0.6) is 0 Å². The lowest BCUT2D eigenvalue weighted by Crippen LogP contribution is -2.38. The first kappa shape index (κ1) is 28.2. The molecule has 0 bridgehead atoms. The number of hydrogen-bond donors (Lipinski definition) is 7. The van der Waals surface area contributed by atoms with Crippen molar-refractivity contribution < 1.29 is 48.1 Å². The maximum Gasteiger partial charge on any atom is 0.491 e. The van der Waals surface area contributed by atoms with Crippen LogP contribution in [-0.2, 0) is 27.7 Å². The van der Waals surface area contributed by atoms with Gasteiger partial charge in [0.1, 0.15) is 48.3 Å². The number of aliphatic hydroxyl groups excluding tert-OH is 4. The zero-order valence-electron chi connectivity index (χ0n) is 19.4. The smallest absolute Gasteiger partial charge is 0.394 e. The fourth-order valence-electron chi connectivity index (χ4n) is 3.96. The molecule has 2 aliphatic rings. The van der Waals surface area contributed by atoms with E-state index < -0.39 is 81.5 Å². The van der Waals surface area contributed by atoms with Gasteiger partial charge in [0.05, 0.1) is 13.2 Å². The van der Waals surface area contributed by atoms with Crippen molar-refractivity contribution in [1.82, 2.24) is 19.1 Å². The van der Waals surface area contributed by atoms with Crippen molar-refractivity contribution in [3.8, 4) is 0 Å². The van der Waals surface area contributed by atoms with Crippen molar-refractivity contribution in [3.05, 3.63) is 45.5 Å². The molecule has 8 unspecified atom stereocenters. The summed E-state index contributed by atoms with van der Waals surface area (Å²) in [7, 11) is -4.75. The molecule has 0 spiro atoms. The molecule has 20 heteroatoms. The third kappa shape index (κ3) is 5.48. The first-order chi connectivity index (χ1) is 18.0. The first-order valence-corrected chi connectivity index (χ1v) is 12.4. The van der Waals surface area contributed by atoms with E-state index in [4.69, 9.17) is 35.9 Å². The molecular weight excluding hydrogens is 537 g/mol. The number of aliphatic hydroxyl groups is 4.